The Morgan fingerprint density at radius 1 is 1.03 bits per heavy atom. The highest BCUT2D eigenvalue weighted by molar-refractivity contribution is 6.46. The summed E-state index contributed by atoms with van der Waals surface area (Å²) in [6, 6.07) is 18.8. The summed E-state index contributed by atoms with van der Waals surface area (Å²) in [5, 5.41) is 11.8. The minimum atomic E-state index is -0.813. The van der Waals surface area contributed by atoms with Gasteiger partial charge in [0.05, 0.1) is 30.9 Å². The number of halogens is 1. The van der Waals surface area contributed by atoms with Crippen molar-refractivity contribution in [1.29, 1.82) is 0 Å². The highest BCUT2D eigenvalue weighted by atomic mass is 35.5. The molecule has 1 N–H and O–H groups in total. The second kappa shape index (κ2) is 11.0. The number of amides is 1. The van der Waals surface area contributed by atoms with E-state index in [2.05, 4.69) is 0 Å². The maximum atomic E-state index is 13.4. The highest BCUT2D eigenvalue weighted by Gasteiger charge is 2.46. The third-order valence-electron chi connectivity index (χ3n) is 6.27. The van der Waals surface area contributed by atoms with Crippen molar-refractivity contribution in [3.05, 3.63) is 94.0 Å². The first-order valence-corrected chi connectivity index (χ1v) is 12.2. The number of likely N-dealkylation sites (tertiary alicyclic amines) is 1. The Labute approximate surface area is 221 Å². The maximum Gasteiger partial charge on any atom is 0.295 e. The molecule has 3 aromatic carbocycles. The van der Waals surface area contributed by atoms with Gasteiger partial charge in [0, 0.05) is 31.4 Å². The van der Waals surface area contributed by atoms with Gasteiger partial charge < -0.3 is 24.4 Å². The molecule has 1 unspecified atom stereocenters. The van der Waals surface area contributed by atoms with Crippen LogP contribution >= 0.6 is 11.6 Å². The summed E-state index contributed by atoms with van der Waals surface area (Å²) in [5.74, 6) is -0.752. The van der Waals surface area contributed by atoms with Gasteiger partial charge in [0.25, 0.3) is 11.7 Å². The Morgan fingerprint density at radius 3 is 2.30 bits per heavy atom. The molecule has 1 saturated heterocycles. The maximum absolute atomic E-state index is 13.4. The average Bonchev–Trinajstić information content (AvgIpc) is 3.14. The van der Waals surface area contributed by atoms with Crippen LogP contribution in [0.5, 0.6) is 11.5 Å². The van der Waals surface area contributed by atoms with Crippen LogP contribution in [0.1, 0.15) is 29.7 Å². The SMILES string of the molecule is CCOc1ccc(CN2C(=O)C(=O)/C(=C(/O)c3cc(Cl)ccc3OC)C2c2ccc(N(C)C)cc2)cc1. The molecule has 1 aliphatic heterocycles. The summed E-state index contributed by atoms with van der Waals surface area (Å²) in [5.41, 5.74) is 2.70. The van der Waals surface area contributed by atoms with Gasteiger partial charge in [0.1, 0.15) is 17.3 Å². The summed E-state index contributed by atoms with van der Waals surface area (Å²) in [4.78, 5) is 30.2. The van der Waals surface area contributed by atoms with Crippen molar-refractivity contribution in [3.63, 3.8) is 0 Å². The van der Waals surface area contributed by atoms with Crippen LogP contribution in [-0.2, 0) is 16.1 Å². The lowest BCUT2D eigenvalue weighted by Crippen LogP contribution is -2.29. The quantitative estimate of drug-likeness (QED) is 0.242. The van der Waals surface area contributed by atoms with E-state index in [4.69, 9.17) is 21.1 Å². The number of ether oxygens (including phenoxy) is 2. The molecule has 1 heterocycles. The van der Waals surface area contributed by atoms with Crippen molar-refractivity contribution in [2.24, 2.45) is 0 Å². The van der Waals surface area contributed by atoms with Gasteiger partial charge >= 0.3 is 0 Å². The van der Waals surface area contributed by atoms with Gasteiger partial charge in [-0.15, -0.1) is 0 Å². The number of nitrogens with zero attached hydrogens (tertiary/aromatic N) is 2. The van der Waals surface area contributed by atoms with Crippen LogP contribution in [0.15, 0.2) is 72.3 Å². The minimum Gasteiger partial charge on any atom is -0.507 e. The molecular formula is C29H29ClN2O5. The molecule has 1 amide bonds. The lowest BCUT2D eigenvalue weighted by atomic mass is 9.94. The van der Waals surface area contributed by atoms with E-state index < -0.39 is 17.7 Å². The van der Waals surface area contributed by atoms with Crippen LogP contribution in [0.2, 0.25) is 5.02 Å². The van der Waals surface area contributed by atoms with Crippen LogP contribution in [0.4, 0.5) is 5.69 Å². The lowest BCUT2D eigenvalue weighted by Gasteiger charge is -2.26. The lowest BCUT2D eigenvalue weighted by molar-refractivity contribution is -0.140. The molecule has 37 heavy (non-hydrogen) atoms. The predicted octanol–water partition coefficient (Wildman–Crippen LogP) is 5.44. The van der Waals surface area contributed by atoms with Crippen molar-refractivity contribution in [2.75, 3.05) is 32.7 Å². The number of benzene rings is 3. The van der Waals surface area contributed by atoms with E-state index in [1.54, 1.807) is 12.1 Å². The molecule has 7 nitrogen and oxygen atoms in total. The minimum absolute atomic E-state index is 0.0193. The second-order valence-corrected chi connectivity index (χ2v) is 9.27. The van der Waals surface area contributed by atoms with Crippen molar-refractivity contribution < 1.29 is 24.2 Å². The number of carbonyl (C=O) groups is 2. The van der Waals surface area contributed by atoms with Gasteiger partial charge in [-0.1, -0.05) is 35.9 Å². The fourth-order valence-corrected chi connectivity index (χ4v) is 4.58. The Hall–Kier alpha value is -3.97. The molecule has 1 aliphatic rings. The molecule has 1 atom stereocenters. The first-order valence-electron chi connectivity index (χ1n) is 11.9. The Balaban J connectivity index is 1.84. The van der Waals surface area contributed by atoms with Crippen LogP contribution in [0, 0.1) is 0 Å². The predicted molar refractivity (Wildman–Crippen MR) is 144 cm³/mol. The topological polar surface area (TPSA) is 79.3 Å². The van der Waals surface area contributed by atoms with E-state index >= 15 is 0 Å². The first kappa shape index (κ1) is 26.1. The van der Waals surface area contributed by atoms with E-state index in [1.807, 2.05) is 74.4 Å². The average molecular weight is 521 g/mol. The molecule has 0 spiro atoms. The zero-order valence-electron chi connectivity index (χ0n) is 21.2. The molecule has 0 bridgehead atoms. The number of aliphatic hydroxyl groups excluding tert-OH is 1. The van der Waals surface area contributed by atoms with Gasteiger partial charge in [-0.2, -0.15) is 0 Å². The normalized spacial score (nSPS) is 16.7. The number of aliphatic hydroxyl groups is 1. The number of carbonyl (C=O) groups excluding carboxylic acids is 2. The highest BCUT2D eigenvalue weighted by Crippen LogP contribution is 2.42. The fourth-order valence-electron chi connectivity index (χ4n) is 4.41. The van der Waals surface area contributed by atoms with Crippen LogP contribution in [-0.4, -0.2) is 49.5 Å². The van der Waals surface area contributed by atoms with E-state index in [9.17, 15) is 14.7 Å². The molecular weight excluding hydrogens is 492 g/mol. The van der Waals surface area contributed by atoms with Crippen molar-refractivity contribution in [2.45, 2.75) is 19.5 Å². The number of rotatable bonds is 8. The summed E-state index contributed by atoms with van der Waals surface area (Å²) < 4.78 is 10.9. The monoisotopic (exact) mass is 520 g/mol. The molecule has 1 fully saturated rings. The van der Waals surface area contributed by atoms with Crippen molar-refractivity contribution in [3.8, 4) is 11.5 Å². The van der Waals surface area contributed by atoms with Gasteiger partial charge in [-0.3, -0.25) is 9.59 Å². The largest absolute Gasteiger partial charge is 0.507 e. The van der Waals surface area contributed by atoms with E-state index in [0.29, 0.717) is 22.9 Å². The smallest absolute Gasteiger partial charge is 0.295 e. The van der Waals surface area contributed by atoms with Gasteiger partial charge in [0.2, 0.25) is 0 Å². The first-order chi connectivity index (χ1) is 17.7. The van der Waals surface area contributed by atoms with Gasteiger partial charge in [0.15, 0.2) is 0 Å². The number of methoxy groups -OCH3 is 1. The Bertz CT molecular complexity index is 1330. The number of ketones is 1. The molecule has 8 heteroatoms. The van der Waals surface area contributed by atoms with Crippen LogP contribution in [0.3, 0.4) is 0 Å². The Kier molecular flexibility index (Phi) is 7.74. The van der Waals surface area contributed by atoms with Gasteiger partial charge in [-0.05, 0) is 60.5 Å². The summed E-state index contributed by atoms with van der Waals surface area (Å²) in [6.45, 7) is 2.62. The van der Waals surface area contributed by atoms with Crippen LogP contribution in [0.25, 0.3) is 5.76 Å². The molecule has 0 aromatic heterocycles. The van der Waals surface area contributed by atoms with Crippen molar-refractivity contribution in [1.82, 2.24) is 4.90 Å². The van der Waals surface area contributed by atoms with E-state index in [1.165, 1.54) is 18.1 Å². The molecule has 0 aliphatic carbocycles. The number of hydrogen-bond donors (Lipinski definition) is 1. The Morgan fingerprint density at radius 2 is 1.70 bits per heavy atom. The second-order valence-electron chi connectivity index (χ2n) is 8.83. The summed E-state index contributed by atoms with van der Waals surface area (Å²) >= 11 is 6.19. The summed E-state index contributed by atoms with van der Waals surface area (Å²) in [7, 11) is 5.32. The number of hydrogen-bond acceptors (Lipinski definition) is 6. The van der Waals surface area contributed by atoms with E-state index in [0.717, 1.165) is 17.0 Å². The van der Waals surface area contributed by atoms with Gasteiger partial charge in [-0.25, -0.2) is 0 Å². The molecule has 0 saturated carbocycles. The van der Waals surface area contributed by atoms with E-state index in [-0.39, 0.29) is 23.4 Å². The van der Waals surface area contributed by atoms with Crippen LogP contribution < -0.4 is 14.4 Å². The van der Waals surface area contributed by atoms with Crippen molar-refractivity contribution >= 4 is 34.7 Å². The number of anilines is 1. The molecule has 4 rings (SSSR count). The molecule has 192 valence electrons. The third-order valence-corrected chi connectivity index (χ3v) is 6.50. The summed E-state index contributed by atoms with van der Waals surface area (Å²) in [6.07, 6.45) is 0. The third kappa shape index (κ3) is 5.27. The number of Topliss-reactive ketones (excluding diaryl/α,β-unsaturated/α-hetero) is 1. The zero-order chi connectivity index (χ0) is 26.7. The zero-order valence-corrected chi connectivity index (χ0v) is 22.0. The standard InChI is InChI=1S/C29H29ClN2O5/c1-5-37-22-13-6-18(7-14-22)17-32-26(19-8-11-21(12-9-19)31(2)3)25(28(34)29(32)35)27(33)23-16-20(30)10-15-24(23)36-4/h6-16,26,33H,5,17H2,1-4H3/b27-25+. The molecule has 3 aromatic rings. The molecule has 0 radical (unpaired) electrons. The fraction of sp³-hybridized carbons (Fsp3) is 0.241.